The Morgan fingerprint density at radius 2 is 2.29 bits per heavy atom. The Balaban J connectivity index is 2.09. The molecule has 0 bridgehead atoms. The maximum Gasteiger partial charge on any atom is 0.335 e. The second kappa shape index (κ2) is 4.86. The molecule has 1 aromatic rings. The van der Waals surface area contributed by atoms with Crippen LogP contribution in [0.4, 0.5) is 4.79 Å². The van der Waals surface area contributed by atoms with E-state index in [2.05, 4.69) is 5.32 Å². The van der Waals surface area contributed by atoms with Crippen molar-refractivity contribution in [3.8, 4) is 0 Å². The number of hydrogen-bond acceptors (Lipinski definition) is 2. The molecule has 1 fully saturated rings. The molecule has 0 saturated carbocycles. The highest BCUT2D eigenvalue weighted by Crippen LogP contribution is 2.10. The standard InChI is InChI=1S/C12H14N2O3/c15-11(16)10-4-1-3-9(7-10)8-14-6-2-5-13-12(14)17/h1,3-4,7H,2,5-6,8H2,(H,13,17)(H,15,16). The number of amides is 2. The van der Waals surface area contributed by atoms with Crippen molar-refractivity contribution in [2.24, 2.45) is 0 Å². The van der Waals surface area contributed by atoms with Gasteiger partial charge in [-0.05, 0) is 24.1 Å². The molecular formula is C12H14N2O3. The van der Waals surface area contributed by atoms with Crippen LogP contribution in [0.1, 0.15) is 22.3 Å². The first-order valence-electron chi connectivity index (χ1n) is 5.52. The third-order valence-electron chi connectivity index (χ3n) is 2.72. The SMILES string of the molecule is O=C(O)c1cccc(CN2CCCNC2=O)c1. The van der Waals surface area contributed by atoms with E-state index in [0.29, 0.717) is 19.6 Å². The Labute approximate surface area is 99.0 Å². The van der Waals surface area contributed by atoms with Crippen molar-refractivity contribution in [1.82, 2.24) is 10.2 Å². The molecule has 5 heteroatoms. The van der Waals surface area contributed by atoms with Gasteiger partial charge in [0.1, 0.15) is 0 Å². The van der Waals surface area contributed by atoms with Crippen LogP contribution < -0.4 is 5.32 Å². The average molecular weight is 234 g/mol. The fraction of sp³-hybridized carbons (Fsp3) is 0.333. The lowest BCUT2D eigenvalue weighted by Crippen LogP contribution is -2.45. The summed E-state index contributed by atoms with van der Waals surface area (Å²) < 4.78 is 0. The van der Waals surface area contributed by atoms with Crippen LogP contribution in [0.3, 0.4) is 0 Å². The molecule has 1 heterocycles. The van der Waals surface area contributed by atoms with Gasteiger partial charge in [-0.3, -0.25) is 0 Å². The Bertz CT molecular complexity index is 445. The van der Waals surface area contributed by atoms with Crippen LogP contribution in [0.15, 0.2) is 24.3 Å². The summed E-state index contributed by atoms with van der Waals surface area (Å²) in [6, 6.07) is 6.58. The third kappa shape index (κ3) is 2.75. The summed E-state index contributed by atoms with van der Waals surface area (Å²) >= 11 is 0. The van der Waals surface area contributed by atoms with Gasteiger partial charge in [-0.15, -0.1) is 0 Å². The number of hydrogen-bond donors (Lipinski definition) is 2. The number of carboxylic acid groups (broad SMARTS) is 1. The largest absolute Gasteiger partial charge is 0.478 e. The molecule has 0 unspecified atom stereocenters. The maximum absolute atomic E-state index is 11.5. The second-order valence-corrected chi connectivity index (χ2v) is 4.01. The molecule has 0 aromatic heterocycles. The number of carboxylic acids is 1. The first-order valence-corrected chi connectivity index (χ1v) is 5.52. The van der Waals surface area contributed by atoms with Crippen molar-refractivity contribution in [3.63, 3.8) is 0 Å². The molecule has 0 spiro atoms. The minimum absolute atomic E-state index is 0.0861. The normalized spacial score (nSPS) is 15.5. The van der Waals surface area contributed by atoms with E-state index in [-0.39, 0.29) is 11.6 Å². The van der Waals surface area contributed by atoms with Gasteiger partial charge in [-0.2, -0.15) is 0 Å². The number of aromatic carboxylic acids is 1. The summed E-state index contributed by atoms with van der Waals surface area (Å²) in [5, 5.41) is 11.6. The van der Waals surface area contributed by atoms with Crippen LogP contribution in [-0.4, -0.2) is 35.1 Å². The Kier molecular flexibility index (Phi) is 3.27. The Morgan fingerprint density at radius 1 is 1.47 bits per heavy atom. The quantitative estimate of drug-likeness (QED) is 0.828. The molecule has 2 N–H and O–H groups in total. The van der Waals surface area contributed by atoms with Crippen molar-refractivity contribution in [2.75, 3.05) is 13.1 Å². The van der Waals surface area contributed by atoms with E-state index >= 15 is 0 Å². The molecule has 0 aliphatic carbocycles. The van der Waals surface area contributed by atoms with Gasteiger partial charge in [0.15, 0.2) is 0 Å². The summed E-state index contributed by atoms with van der Waals surface area (Å²) in [4.78, 5) is 24.0. The summed E-state index contributed by atoms with van der Waals surface area (Å²) in [7, 11) is 0. The van der Waals surface area contributed by atoms with Gasteiger partial charge in [-0.1, -0.05) is 12.1 Å². The predicted molar refractivity (Wildman–Crippen MR) is 61.8 cm³/mol. The molecule has 0 atom stereocenters. The molecule has 1 saturated heterocycles. The molecule has 0 radical (unpaired) electrons. The van der Waals surface area contributed by atoms with Crippen molar-refractivity contribution >= 4 is 12.0 Å². The zero-order valence-corrected chi connectivity index (χ0v) is 9.35. The van der Waals surface area contributed by atoms with E-state index in [0.717, 1.165) is 12.0 Å². The van der Waals surface area contributed by atoms with Gasteiger partial charge < -0.3 is 15.3 Å². The van der Waals surface area contributed by atoms with Gasteiger partial charge in [0.25, 0.3) is 0 Å². The van der Waals surface area contributed by atoms with Crippen LogP contribution in [0.5, 0.6) is 0 Å². The van der Waals surface area contributed by atoms with Gasteiger partial charge in [0, 0.05) is 19.6 Å². The van der Waals surface area contributed by atoms with E-state index in [1.165, 1.54) is 0 Å². The summed E-state index contributed by atoms with van der Waals surface area (Å²) in [5.74, 6) is -0.949. The number of nitrogens with one attached hydrogen (secondary N) is 1. The zero-order chi connectivity index (χ0) is 12.3. The molecule has 90 valence electrons. The van der Waals surface area contributed by atoms with Gasteiger partial charge in [0.2, 0.25) is 0 Å². The minimum Gasteiger partial charge on any atom is -0.478 e. The molecule has 2 amide bonds. The van der Waals surface area contributed by atoms with Crippen molar-refractivity contribution in [3.05, 3.63) is 35.4 Å². The number of rotatable bonds is 3. The monoisotopic (exact) mass is 234 g/mol. The number of nitrogens with zero attached hydrogens (tertiary/aromatic N) is 1. The lowest BCUT2D eigenvalue weighted by Gasteiger charge is -2.27. The lowest BCUT2D eigenvalue weighted by atomic mass is 10.1. The van der Waals surface area contributed by atoms with Crippen LogP contribution in [-0.2, 0) is 6.54 Å². The highest BCUT2D eigenvalue weighted by Gasteiger charge is 2.17. The molecule has 1 aliphatic rings. The van der Waals surface area contributed by atoms with E-state index < -0.39 is 5.97 Å². The van der Waals surface area contributed by atoms with Crippen molar-refractivity contribution in [1.29, 1.82) is 0 Å². The highest BCUT2D eigenvalue weighted by atomic mass is 16.4. The molecule has 1 aromatic carbocycles. The van der Waals surface area contributed by atoms with E-state index in [1.54, 1.807) is 23.1 Å². The number of carbonyl (C=O) groups is 2. The van der Waals surface area contributed by atoms with Crippen LogP contribution in [0.2, 0.25) is 0 Å². The molecule has 17 heavy (non-hydrogen) atoms. The number of urea groups is 1. The van der Waals surface area contributed by atoms with E-state index in [1.807, 2.05) is 6.07 Å². The van der Waals surface area contributed by atoms with Crippen molar-refractivity contribution < 1.29 is 14.7 Å². The molecule has 1 aliphatic heterocycles. The summed E-state index contributed by atoms with van der Waals surface area (Å²) in [5.41, 5.74) is 1.09. The maximum atomic E-state index is 11.5. The smallest absolute Gasteiger partial charge is 0.335 e. The average Bonchev–Trinajstić information content (AvgIpc) is 2.32. The second-order valence-electron chi connectivity index (χ2n) is 4.01. The number of benzene rings is 1. The Hall–Kier alpha value is -2.04. The van der Waals surface area contributed by atoms with Gasteiger partial charge in [-0.25, -0.2) is 9.59 Å². The van der Waals surface area contributed by atoms with Crippen molar-refractivity contribution in [2.45, 2.75) is 13.0 Å². The topological polar surface area (TPSA) is 69.6 Å². The Morgan fingerprint density at radius 3 is 3.00 bits per heavy atom. The molecule has 5 nitrogen and oxygen atoms in total. The fourth-order valence-electron chi connectivity index (χ4n) is 1.85. The predicted octanol–water partition coefficient (Wildman–Crippen LogP) is 1.30. The van der Waals surface area contributed by atoms with E-state index in [4.69, 9.17) is 5.11 Å². The van der Waals surface area contributed by atoms with Gasteiger partial charge >= 0.3 is 12.0 Å². The first-order chi connectivity index (χ1) is 8.16. The fourth-order valence-corrected chi connectivity index (χ4v) is 1.85. The van der Waals surface area contributed by atoms with Crippen LogP contribution >= 0.6 is 0 Å². The zero-order valence-electron chi connectivity index (χ0n) is 9.35. The van der Waals surface area contributed by atoms with Gasteiger partial charge in [0.05, 0.1) is 5.56 Å². The lowest BCUT2D eigenvalue weighted by molar-refractivity contribution is 0.0696. The highest BCUT2D eigenvalue weighted by molar-refractivity contribution is 5.87. The number of carbonyl (C=O) groups excluding carboxylic acids is 1. The summed E-state index contributed by atoms with van der Waals surface area (Å²) in [6.07, 6.45) is 0.921. The third-order valence-corrected chi connectivity index (χ3v) is 2.72. The molecule has 2 rings (SSSR count). The van der Waals surface area contributed by atoms with Crippen LogP contribution in [0, 0.1) is 0 Å². The molecular weight excluding hydrogens is 220 g/mol. The van der Waals surface area contributed by atoms with E-state index in [9.17, 15) is 9.59 Å². The first kappa shape index (κ1) is 11.4. The minimum atomic E-state index is -0.949. The van der Waals surface area contributed by atoms with Crippen LogP contribution in [0.25, 0.3) is 0 Å². The summed E-state index contributed by atoms with van der Waals surface area (Å²) in [6.45, 7) is 1.88.